The summed E-state index contributed by atoms with van der Waals surface area (Å²) in [6.07, 6.45) is 0. The highest BCUT2D eigenvalue weighted by atomic mass is 35.5. The van der Waals surface area contributed by atoms with E-state index in [1.807, 2.05) is 18.2 Å². The van der Waals surface area contributed by atoms with Crippen molar-refractivity contribution in [2.24, 2.45) is 5.73 Å². The van der Waals surface area contributed by atoms with Crippen molar-refractivity contribution in [3.05, 3.63) is 53.6 Å². The van der Waals surface area contributed by atoms with Gasteiger partial charge in [-0.25, -0.2) is 0 Å². The topological polar surface area (TPSA) is 93.5 Å². The standard InChI is InChI=1S/C16H16ClN3O3/c17-13-8-11(19-15(21)9-18)6-7-14(13)20-16(22)10-23-12-4-2-1-3-5-12/h1-8H,9-10,18H2,(H,19,21)(H,20,22). The van der Waals surface area contributed by atoms with E-state index in [1.165, 1.54) is 6.07 Å². The van der Waals surface area contributed by atoms with Gasteiger partial charge < -0.3 is 21.1 Å². The molecular weight excluding hydrogens is 318 g/mol. The van der Waals surface area contributed by atoms with Crippen molar-refractivity contribution in [1.29, 1.82) is 0 Å². The van der Waals surface area contributed by atoms with Gasteiger partial charge in [-0.15, -0.1) is 0 Å². The third kappa shape index (κ3) is 5.28. The molecule has 0 spiro atoms. The Kier molecular flexibility index (Phi) is 5.96. The summed E-state index contributed by atoms with van der Waals surface area (Å²) in [7, 11) is 0. The molecule has 0 radical (unpaired) electrons. The van der Waals surface area contributed by atoms with Crippen molar-refractivity contribution in [2.75, 3.05) is 23.8 Å². The van der Waals surface area contributed by atoms with E-state index in [1.54, 1.807) is 24.3 Å². The summed E-state index contributed by atoms with van der Waals surface area (Å²) in [6, 6.07) is 13.8. The van der Waals surface area contributed by atoms with Crippen LogP contribution in [0.4, 0.5) is 11.4 Å². The number of nitrogens with two attached hydrogens (primary N) is 1. The van der Waals surface area contributed by atoms with E-state index in [2.05, 4.69) is 10.6 Å². The summed E-state index contributed by atoms with van der Waals surface area (Å²) in [5.41, 5.74) is 6.15. The van der Waals surface area contributed by atoms with E-state index in [9.17, 15) is 9.59 Å². The lowest BCUT2D eigenvalue weighted by molar-refractivity contribution is -0.118. The van der Waals surface area contributed by atoms with Crippen LogP contribution in [-0.2, 0) is 9.59 Å². The maximum absolute atomic E-state index is 11.9. The van der Waals surface area contributed by atoms with E-state index >= 15 is 0 Å². The van der Waals surface area contributed by atoms with Crippen LogP contribution in [0.2, 0.25) is 5.02 Å². The highest BCUT2D eigenvalue weighted by Gasteiger charge is 2.08. The monoisotopic (exact) mass is 333 g/mol. The fourth-order valence-electron chi connectivity index (χ4n) is 1.76. The molecule has 4 N–H and O–H groups in total. The van der Waals surface area contributed by atoms with Gasteiger partial charge in [-0.3, -0.25) is 9.59 Å². The molecule has 0 heterocycles. The Morgan fingerprint density at radius 2 is 1.78 bits per heavy atom. The van der Waals surface area contributed by atoms with Gasteiger partial charge in [0.2, 0.25) is 5.91 Å². The lowest BCUT2D eigenvalue weighted by Crippen LogP contribution is -2.22. The summed E-state index contributed by atoms with van der Waals surface area (Å²) < 4.78 is 5.34. The predicted molar refractivity (Wildman–Crippen MR) is 89.7 cm³/mol. The number of carbonyl (C=O) groups is 2. The molecule has 0 aromatic heterocycles. The smallest absolute Gasteiger partial charge is 0.262 e. The largest absolute Gasteiger partial charge is 0.484 e. The summed E-state index contributed by atoms with van der Waals surface area (Å²) in [4.78, 5) is 23.1. The number of carbonyl (C=O) groups excluding carboxylic acids is 2. The molecule has 0 fully saturated rings. The van der Waals surface area contributed by atoms with Gasteiger partial charge in [0, 0.05) is 5.69 Å². The van der Waals surface area contributed by atoms with Gasteiger partial charge >= 0.3 is 0 Å². The van der Waals surface area contributed by atoms with Crippen LogP contribution in [0.1, 0.15) is 0 Å². The summed E-state index contributed by atoms with van der Waals surface area (Å²) in [5, 5.41) is 5.51. The minimum atomic E-state index is -0.338. The van der Waals surface area contributed by atoms with Crippen molar-refractivity contribution in [3.8, 4) is 5.75 Å². The zero-order chi connectivity index (χ0) is 16.7. The van der Waals surface area contributed by atoms with Crippen LogP contribution in [0.25, 0.3) is 0 Å². The lowest BCUT2D eigenvalue weighted by Gasteiger charge is -2.10. The highest BCUT2D eigenvalue weighted by molar-refractivity contribution is 6.34. The molecule has 0 unspecified atom stereocenters. The van der Waals surface area contributed by atoms with Crippen molar-refractivity contribution >= 4 is 34.8 Å². The Morgan fingerprint density at radius 3 is 2.43 bits per heavy atom. The number of rotatable bonds is 6. The van der Waals surface area contributed by atoms with Gasteiger partial charge in [-0.1, -0.05) is 29.8 Å². The number of hydrogen-bond acceptors (Lipinski definition) is 4. The lowest BCUT2D eigenvalue weighted by atomic mass is 10.2. The second kappa shape index (κ2) is 8.17. The van der Waals surface area contributed by atoms with Gasteiger partial charge in [-0.2, -0.15) is 0 Å². The predicted octanol–water partition coefficient (Wildman–Crippen LogP) is 2.25. The van der Waals surface area contributed by atoms with E-state index in [0.717, 1.165) is 0 Å². The summed E-state index contributed by atoms with van der Waals surface area (Å²) >= 11 is 6.08. The SMILES string of the molecule is NCC(=O)Nc1ccc(NC(=O)COc2ccccc2)c(Cl)c1. The molecule has 0 bridgehead atoms. The quantitative estimate of drug-likeness (QED) is 0.755. The first-order valence-corrected chi connectivity index (χ1v) is 7.23. The van der Waals surface area contributed by atoms with Crippen LogP contribution in [0.15, 0.2) is 48.5 Å². The van der Waals surface area contributed by atoms with Crippen molar-refractivity contribution in [1.82, 2.24) is 0 Å². The molecular formula is C16H16ClN3O3. The van der Waals surface area contributed by atoms with Crippen molar-refractivity contribution < 1.29 is 14.3 Å². The molecule has 0 aliphatic rings. The zero-order valence-electron chi connectivity index (χ0n) is 12.2. The normalized spacial score (nSPS) is 10.0. The molecule has 0 atom stereocenters. The Morgan fingerprint density at radius 1 is 1.04 bits per heavy atom. The number of halogens is 1. The minimum Gasteiger partial charge on any atom is -0.484 e. The van der Waals surface area contributed by atoms with Crippen LogP contribution in [0, 0.1) is 0 Å². The number of para-hydroxylation sites is 1. The van der Waals surface area contributed by atoms with Crippen LogP contribution < -0.4 is 21.1 Å². The van der Waals surface area contributed by atoms with Gasteiger partial charge in [0.25, 0.3) is 5.91 Å². The summed E-state index contributed by atoms with van der Waals surface area (Å²) in [5.74, 6) is -0.0581. The number of anilines is 2. The second-order valence-corrected chi connectivity index (χ2v) is 5.00. The Hall–Kier alpha value is -2.57. The molecule has 0 saturated heterocycles. The Balaban J connectivity index is 1.91. The van der Waals surface area contributed by atoms with E-state index in [0.29, 0.717) is 22.1 Å². The van der Waals surface area contributed by atoms with Crippen LogP contribution in [0.3, 0.4) is 0 Å². The molecule has 0 aliphatic carbocycles. The molecule has 120 valence electrons. The van der Waals surface area contributed by atoms with Crippen molar-refractivity contribution in [3.63, 3.8) is 0 Å². The maximum Gasteiger partial charge on any atom is 0.262 e. The Bertz CT molecular complexity index is 692. The maximum atomic E-state index is 11.9. The van der Waals surface area contributed by atoms with Gasteiger partial charge in [0.15, 0.2) is 6.61 Å². The molecule has 2 rings (SSSR count). The van der Waals surface area contributed by atoms with Gasteiger partial charge in [0.05, 0.1) is 17.3 Å². The fraction of sp³-hybridized carbons (Fsp3) is 0.125. The number of benzene rings is 2. The molecule has 2 aromatic rings. The first-order chi connectivity index (χ1) is 11.1. The van der Waals surface area contributed by atoms with E-state index in [-0.39, 0.29) is 25.0 Å². The average Bonchev–Trinajstić information content (AvgIpc) is 2.56. The number of amides is 2. The molecule has 6 nitrogen and oxygen atoms in total. The van der Waals surface area contributed by atoms with E-state index in [4.69, 9.17) is 22.1 Å². The molecule has 2 amide bonds. The zero-order valence-corrected chi connectivity index (χ0v) is 13.0. The van der Waals surface area contributed by atoms with Gasteiger partial charge in [0.1, 0.15) is 5.75 Å². The molecule has 23 heavy (non-hydrogen) atoms. The number of nitrogens with one attached hydrogen (secondary N) is 2. The fourth-order valence-corrected chi connectivity index (χ4v) is 1.99. The Labute approximate surface area is 138 Å². The molecule has 0 aliphatic heterocycles. The molecule has 2 aromatic carbocycles. The number of ether oxygens (including phenoxy) is 1. The molecule has 7 heteroatoms. The minimum absolute atomic E-state index is 0.118. The van der Waals surface area contributed by atoms with E-state index < -0.39 is 0 Å². The average molecular weight is 334 g/mol. The van der Waals surface area contributed by atoms with Crippen LogP contribution in [0.5, 0.6) is 5.75 Å². The van der Waals surface area contributed by atoms with Crippen LogP contribution in [-0.4, -0.2) is 25.0 Å². The molecule has 0 saturated carbocycles. The number of hydrogen-bond donors (Lipinski definition) is 3. The van der Waals surface area contributed by atoms with Crippen molar-refractivity contribution in [2.45, 2.75) is 0 Å². The second-order valence-electron chi connectivity index (χ2n) is 4.60. The third-order valence-corrected chi connectivity index (χ3v) is 3.14. The first-order valence-electron chi connectivity index (χ1n) is 6.85. The van der Waals surface area contributed by atoms with Gasteiger partial charge in [-0.05, 0) is 30.3 Å². The first kappa shape index (κ1) is 16.8. The van der Waals surface area contributed by atoms with Crippen LogP contribution >= 0.6 is 11.6 Å². The highest BCUT2D eigenvalue weighted by Crippen LogP contribution is 2.25. The third-order valence-electron chi connectivity index (χ3n) is 2.83. The summed E-state index contributed by atoms with van der Waals surface area (Å²) in [6.45, 7) is -0.251.